The topological polar surface area (TPSA) is 87.2 Å². The van der Waals surface area contributed by atoms with E-state index in [1.54, 1.807) is 37.3 Å². The molecule has 2 amide bonds. The zero-order chi connectivity index (χ0) is 28.8. The van der Waals surface area contributed by atoms with Crippen molar-refractivity contribution in [3.63, 3.8) is 0 Å². The van der Waals surface area contributed by atoms with Gasteiger partial charge >= 0.3 is 0 Å². The Kier molecular flexibility index (Phi) is 7.14. The van der Waals surface area contributed by atoms with Crippen LogP contribution < -0.4 is 4.31 Å². The van der Waals surface area contributed by atoms with E-state index in [-0.39, 0.29) is 36.3 Å². The van der Waals surface area contributed by atoms with Crippen molar-refractivity contribution in [2.75, 3.05) is 17.5 Å². The molecule has 0 spiro atoms. The highest BCUT2D eigenvalue weighted by Gasteiger charge is 2.67. The quantitative estimate of drug-likeness (QED) is 0.234. The molecule has 210 valence electrons. The Morgan fingerprint density at radius 1 is 0.927 bits per heavy atom. The largest absolute Gasteiger partial charge is 0.364 e. The molecule has 2 saturated heterocycles. The van der Waals surface area contributed by atoms with Crippen molar-refractivity contribution >= 4 is 43.5 Å². The lowest BCUT2D eigenvalue weighted by atomic mass is 9.95. The molecule has 4 atom stereocenters. The number of hydrogen-bond acceptors (Lipinski definition) is 5. The van der Waals surface area contributed by atoms with E-state index in [0.717, 1.165) is 11.1 Å². The lowest BCUT2D eigenvalue weighted by molar-refractivity contribution is -0.159. The highest BCUT2D eigenvalue weighted by Crippen LogP contribution is 2.59. The van der Waals surface area contributed by atoms with Crippen LogP contribution >= 0.6 is 15.9 Å². The summed E-state index contributed by atoms with van der Waals surface area (Å²) in [6.07, 6.45) is -0.703. The standard InChI is InChI=1S/C31H28BrN3O5S/c1-22-28(36)34-27(29(37)33(22)18-10-11-19-40-21-23-12-4-2-5-13-23)20-31(32)25-16-8-9-17-26(25)35(30(31)34)41(38,39)24-14-6-3-7-15-24/h2-9,12-17,22,27,30H,18-21H2,1H3/t22-,27-,30-,31-/m0/s1. The molecular weight excluding hydrogens is 606 g/mol. The maximum atomic E-state index is 14.1. The van der Waals surface area contributed by atoms with Crippen LogP contribution in [-0.4, -0.2) is 61.4 Å². The van der Waals surface area contributed by atoms with Gasteiger partial charge in [-0.05, 0) is 36.2 Å². The monoisotopic (exact) mass is 633 g/mol. The van der Waals surface area contributed by atoms with E-state index in [1.807, 2.05) is 42.5 Å². The van der Waals surface area contributed by atoms with Gasteiger partial charge in [-0.1, -0.05) is 94.5 Å². The Labute approximate surface area is 248 Å². The molecule has 6 rings (SSSR count). The lowest BCUT2D eigenvalue weighted by Gasteiger charge is -2.44. The van der Waals surface area contributed by atoms with Crippen molar-refractivity contribution in [2.45, 2.75) is 47.4 Å². The van der Waals surface area contributed by atoms with Crippen molar-refractivity contribution in [1.29, 1.82) is 0 Å². The second-order valence-electron chi connectivity index (χ2n) is 10.3. The average molecular weight is 635 g/mol. The number of benzene rings is 3. The van der Waals surface area contributed by atoms with Crippen molar-refractivity contribution in [3.8, 4) is 11.8 Å². The summed E-state index contributed by atoms with van der Waals surface area (Å²) in [5.74, 6) is 5.34. The van der Waals surface area contributed by atoms with Gasteiger partial charge in [0.05, 0.1) is 28.1 Å². The first-order valence-electron chi connectivity index (χ1n) is 13.3. The Hall–Kier alpha value is -3.65. The molecule has 3 aromatic rings. The number of halogens is 1. The number of nitrogens with zero attached hydrogens (tertiary/aromatic N) is 3. The van der Waals surface area contributed by atoms with E-state index in [2.05, 4.69) is 27.8 Å². The van der Waals surface area contributed by atoms with Crippen LogP contribution in [0, 0.1) is 11.8 Å². The first-order valence-corrected chi connectivity index (χ1v) is 15.6. The average Bonchev–Trinajstić information content (AvgIpc) is 3.43. The number of carbonyl (C=O) groups is 2. The predicted molar refractivity (Wildman–Crippen MR) is 157 cm³/mol. The first-order chi connectivity index (χ1) is 19.7. The SMILES string of the molecule is C[C@H]1C(=O)N2[C@@H](C[C@]3(Br)c4ccccc4N(S(=O)(=O)c4ccccc4)[C@H]23)C(=O)N1CC#CCOCc1ccccc1. The van der Waals surface area contributed by atoms with E-state index >= 15 is 0 Å². The normalized spacial score (nSPS) is 24.9. The Balaban J connectivity index is 1.26. The number of carbonyl (C=O) groups excluding carboxylic acids is 2. The van der Waals surface area contributed by atoms with Gasteiger partial charge in [0.15, 0.2) is 0 Å². The zero-order valence-electron chi connectivity index (χ0n) is 22.3. The number of alkyl halides is 1. The predicted octanol–water partition coefficient (Wildman–Crippen LogP) is 3.86. The van der Waals surface area contributed by atoms with Crippen LogP contribution in [0.4, 0.5) is 5.69 Å². The van der Waals surface area contributed by atoms with E-state index in [1.165, 1.54) is 26.2 Å². The molecule has 2 fully saturated rings. The number of ether oxygens (including phenoxy) is 1. The number of rotatable bonds is 6. The van der Waals surface area contributed by atoms with Crippen LogP contribution in [0.5, 0.6) is 0 Å². The molecule has 0 aliphatic carbocycles. The maximum Gasteiger partial charge on any atom is 0.266 e. The summed E-state index contributed by atoms with van der Waals surface area (Å²) in [6, 6.07) is 23.5. The lowest BCUT2D eigenvalue weighted by Crippen LogP contribution is -2.66. The minimum Gasteiger partial charge on any atom is -0.364 e. The number of hydrogen-bond donors (Lipinski definition) is 0. The molecular formula is C31H28BrN3O5S. The summed E-state index contributed by atoms with van der Waals surface area (Å²) in [7, 11) is -4.06. The molecule has 0 radical (unpaired) electrons. The Morgan fingerprint density at radius 2 is 1.59 bits per heavy atom. The van der Waals surface area contributed by atoms with Gasteiger partial charge in [0.2, 0.25) is 11.8 Å². The zero-order valence-corrected chi connectivity index (χ0v) is 24.7. The molecule has 8 nitrogen and oxygen atoms in total. The van der Waals surface area contributed by atoms with Crippen LogP contribution in [0.25, 0.3) is 0 Å². The van der Waals surface area contributed by atoms with Crippen LogP contribution in [-0.2, 0) is 35.3 Å². The third kappa shape index (κ3) is 4.53. The highest BCUT2D eigenvalue weighted by molar-refractivity contribution is 9.09. The van der Waals surface area contributed by atoms with Crippen LogP contribution in [0.3, 0.4) is 0 Å². The van der Waals surface area contributed by atoms with Crippen LogP contribution in [0.1, 0.15) is 24.5 Å². The van der Waals surface area contributed by atoms with Gasteiger partial charge in [0, 0.05) is 6.42 Å². The van der Waals surface area contributed by atoms with E-state index in [0.29, 0.717) is 12.3 Å². The fourth-order valence-corrected chi connectivity index (χ4v) is 8.85. The highest BCUT2D eigenvalue weighted by atomic mass is 79.9. The van der Waals surface area contributed by atoms with Gasteiger partial charge in [0.1, 0.15) is 24.9 Å². The molecule has 0 aromatic heterocycles. The Bertz CT molecular complexity index is 1660. The first kappa shape index (κ1) is 27.5. The molecule has 41 heavy (non-hydrogen) atoms. The number of anilines is 1. The fraction of sp³-hybridized carbons (Fsp3) is 0.290. The molecule has 10 heteroatoms. The van der Waals surface area contributed by atoms with Crippen molar-refractivity contribution in [3.05, 3.63) is 96.1 Å². The fourth-order valence-electron chi connectivity index (χ4n) is 5.95. The van der Waals surface area contributed by atoms with Gasteiger partial charge in [0.25, 0.3) is 10.0 Å². The summed E-state index contributed by atoms with van der Waals surface area (Å²) in [5.41, 5.74) is 2.27. The number of sulfonamides is 1. The van der Waals surface area contributed by atoms with Crippen molar-refractivity contribution < 1.29 is 22.7 Å². The minimum atomic E-state index is -4.06. The van der Waals surface area contributed by atoms with E-state index in [9.17, 15) is 18.0 Å². The van der Waals surface area contributed by atoms with Crippen molar-refractivity contribution in [1.82, 2.24) is 9.80 Å². The molecule has 0 N–H and O–H groups in total. The summed E-state index contributed by atoms with van der Waals surface area (Å²) < 4.78 is 34.1. The molecule has 0 unspecified atom stereocenters. The van der Waals surface area contributed by atoms with Gasteiger partial charge in [-0.15, -0.1) is 0 Å². The van der Waals surface area contributed by atoms with Gasteiger partial charge in [-0.2, -0.15) is 0 Å². The maximum absolute atomic E-state index is 14.1. The molecule has 0 saturated carbocycles. The van der Waals surface area contributed by atoms with Gasteiger partial charge < -0.3 is 14.5 Å². The summed E-state index contributed by atoms with van der Waals surface area (Å²) >= 11 is 3.85. The summed E-state index contributed by atoms with van der Waals surface area (Å²) in [4.78, 5) is 30.8. The molecule has 3 aliphatic heterocycles. The molecule has 3 heterocycles. The van der Waals surface area contributed by atoms with Gasteiger partial charge in [-0.3, -0.25) is 9.59 Å². The van der Waals surface area contributed by atoms with Crippen LogP contribution in [0.2, 0.25) is 0 Å². The van der Waals surface area contributed by atoms with E-state index in [4.69, 9.17) is 4.74 Å². The van der Waals surface area contributed by atoms with Crippen LogP contribution in [0.15, 0.2) is 89.8 Å². The summed E-state index contributed by atoms with van der Waals surface area (Å²) in [6.45, 7) is 2.37. The second kappa shape index (κ2) is 10.6. The Morgan fingerprint density at radius 3 is 2.32 bits per heavy atom. The number of amides is 2. The second-order valence-corrected chi connectivity index (χ2v) is 13.5. The number of para-hydroxylation sites is 1. The van der Waals surface area contributed by atoms with Crippen molar-refractivity contribution in [2.24, 2.45) is 0 Å². The van der Waals surface area contributed by atoms with Gasteiger partial charge in [-0.25, -0.2) is 12.7 Å². The molecule has 3 aromatic carbocycles. The molecule has 0 bridgehead atoms. The third-order valence-electron chi connectivity index (χ3n) is 7.92. The number of piperazine rings is 1. The van der Waals surface area contributed by atoms with E-state index < -0.39 is 32.6 Å². The third-order valence-corrected chi connectivity index (χ3v) is 10.9. The number of fused-ring (bicyclic) bond motifs is 5. The summed E-state index contributed by atoms with van der Waals surface area (Å²) in [5, 5.41) is 0. The molecule has 3 aliphatic rings. The smallest absolute Gasteiger partial charge is 0.266 e. The minimum absolute atomic E-state index is 0.0767.